The smallest absolute Gasteiger partial charge is 0.157 e. The van der Waals surface area contributed by atoms with Crippen molar-refractivity contribution in [2.24, 2.45) is 17.6 Å². The normalized spacial score (nSPS) is 28.2. The second-order valence-corrected chi connectivity index (χ2v) is 5.74. The lowest BCUT2D eigenvalue weighted by Crippen LogP contribution is -2.47. The molecule has 0 radical (unpaired) electrons. The monoisotopic (exact) mass is 264 g/mol. The summed E-state index contributed by atoms with van der Waals surface area (Å²) in [6.45, 7) is 7.77. The third-order valence-electron chi connectivity index (χ3n) is 3.78. The van der Waals surface area contributed by atoms with Crippen LogP contribution in [0.25, 0.3) is 0 Å². The summed E-state index contributed by atoms with van der Waals surface area (Å²) in [6.07, 6.45) is 4.59. The van der Waals surface area contributed by atoms with Gasteiger partial charge in [0.15, 0.2) is 5.82 Å². The highest BCUT2D eigenvalue weighted by Gasteiger charge is 2.31. The summed E-state index contributed by atoms with van der Waals surface area (Å²) in [5, 5.41) is 0. The average molecular weight is 264 g/mol. The van der Waals surface area contributed by atoms with Gasteiger partial charge in [-0.05, 0) is 25.2 Å². The van der Waals surface area contributed by atoms with Gasteiger partial charge in [0.25, 0.3) is 0 Å². The molecule has 1 aromatic rings. The number of nitrogens with zero attached hydrogens (tertiary/aromatic N) is 3. The minimum atomic E-state index is 0.316. The van der Waals surface area contributed by atoms with Gasteiger partial charge in [0.2, 0.25) is 0 Å². The summed E-state index contributed by atoms with van der Waals surface area (Å²) in [4.78, 5) is 11.3. The van der Waals surface area contributed by atoms with Crippen molar-refractivity contribution in [2.75, 3.05) is 11.4 Å². The van der Waals surface area contributed by atoms with Crippen LogP contribution in [-0.4, -0.2) is 27.5 Å². The molecule has 1 aliphatic heterocycles. The van der Waals surface area contributed by atoms with Gasteiger partial charge in [-0.2, -0.15) is 0 Å². The number of nitrogens with two attached hydrogens (primary N) is 1. The molecular formula is C13H20N4S. The molecule has 0 bridgehead atoms. The Labute approximate surface area is 114 Å². The first-order valence-electron chi connectivity index (χ1n) is 6.38. The molecule has 2 heterocycles. The van der Waals surface area contributed by atoms with Crippen LogP contribution in [0.4, 0.5) is 5.82 Å². The van der Waals surface area contributed by atoms with Gasteiger partial charge < -0.3 is 10.6 Å². The predicted octanol–water partition coefficient (Wildman–Crippen LogP) is 1.98. The van der Waals surface area contributed by atoms with E-state index >= 15 is 0 Å². The first-order chi connectivity index (χ1) is 8.50. The second kappa shape index (κ2) is 5.18. The summed E-state index contributed by atoms with van der Waals surface area (Å²) < 4.78 is 0. The Morgan fingerprint density at radius 1 is 1.33 bits per heavy atom. The fourth-order valence-electron chi connectivity index (χ4n) is 2.71. The molecule has 1 saturated heterocycles. The van der Waals surface area contributed by atoms with Crippen LogP contribution in [0.2, 0.25) is 0 Å². The summed E-state index contributed by atoms with van der Waals surface area (Å²) in [6, 6.07) is 0.436. The third kappa shape index (κ3) is 2.46. The molecule has 0 spiro atoms. The highest BCUT2D eigenvalue weighted by Crippen LogP contribution is 2.31. The van der Waals surface area contributed by atoms with E-state index in [1.54, 1.807) is 12.4 Å². The molecule has 0 amide bonds. The fraction of sp³-hybridized carbons (Fsp3) is 0.615. The Bertz CT molecular complexity index is 448. The van der Waals surface area contributed by atoms with Crippen molar-refractivity contribution in [3.8, 4) is 0 Å². The van der Waals surface area contributed by atoms with Crippen molar-refractivity contribution in [1.82, 2.24) is 9.97 Å². The first kappa shape index (κ1) is 13.2. The molecule has 4 nitrogen and oxygen atoms in total. The molecule has 3 unspecified atom stereocenters. The Balaban J connectivity index is 2.38. The molecule has 2 N–H and O–H groups in total. The van der Waals surface area contributed by atoms with Gasteiger partial charge in [0.05, 0.1) is 0 Å². The van der Waals surface area contributed by atoms with Crippen molar-refractivity contribution in [3.63, 3.8) is 0 Å². The largest absolute Gasteiger partial charge is 0.388 e. The number of anilines is 1. The quantitative estimate of drug-likeness (QED) is 0.828. The van der Waals surface area contributed by atoms with Gasteiger partial charge in [-0.1, -0.05) is 26.1 Å². The maximum absolute atomic E-state index is 5.74. The van der Waals surface area contributed by atoms with E-state index in [9.17, 15) is 0 Å². The minimum absolute atomic E-state index is 0.316. The summed E-state index contributed by atoms with van der Waals surface area (Å²) in [5.41, 5.74) is 6.38. The van der Waals surface area contributed by atoms with E-state index in [1.165, 1.54) is 6.42 Å². The second-order valence-electron chi connectivity index (χ2n) is 5.30. The molecule has 18 heavy (non-hydrogen) atoms. The van der Waals surface area contributed by atoms with E-state index < -0.39 is 0 Å². The van der Waals surface area contributed by atoms with Crippen molar-refractivity contribution >= 4 is 23.0 Å². The van der Waals surface area contributed by atoms with E-state index in [4.69, 9.17) is 18.0 Å². The molecule has 1 fully saturated rings. The van der Waals surface area contributed by atoms with Crippen LogP contribution in [0, 0.1) is 11.8 Å². The maximum atomic E-state index is 5.74. The summed E-state index contributed by atoms with van der Waals surface area (Å²) in [7, 11) is 0. The van der Waals surface area contributed by atoms with Gasteiger partial charge in [-0.15, -0.1) is 0 Å². The third-order valence-corrected chi connectivity index (χ3v) is 3.98. The van der Waals surface area contributed by atoms with Gasteiger partial charge in [0.1, 0.15) is 10.7 Å². The topological polar surface area (TPSA) is 55.0 Å². The molecule has 0 saturated carbocycles. The van der Waals surface area contributed by atoms with Crippen LogP contribution in [0.3, 0.4) is 0 Å². The number of thiocarbonyl (C=S) groups is 1. The number of rotatable bonds is 2. The lowest BCUT2D eigenvalue weighted by atomic mass is 9.86. The molecule has 1 aliphatic rings. The molecular weight excluding hydrogens is 244 g/mol. The SMILES string of the molecule is CC1CC(C)C(C)N(c2nccnc2C(N)=S)C1. The van der Waals surface area contributed by atoms with Crippen molar-refractivity contribution in [3.05, 3.63) is 18.1 Å². The average Bonchev–Trinajstić information content (AvgIpc) is 2.33. The number of piperidine rings is 1. The van der Waals surface area contributed by atoms with Gasteiger partial charge >= 0.3 is 0 Å². The minimum Gasteiger partial charge on any atom is -0.388 e. The van der Waals surface area contributed by atoms with Gasteiger partial charge in [-0.25, -0.2) is 9.97 Å². The van der Waals surface area contributed by atoms with Crippen LogP contribution in [-0.2, 0) is 0 Å². The summed E-state index contributed by atoms with van der Waals surface area (Å²) >= 11 is 5.07. The molecule has 98 valence electrons. The van der Waals surface area contributed by atoms with E-state index in [2.05, 4.69) is 35.6 Å². The lowest BCUT2D eigenvalue weighted by Gasteiger charge is -2.42. The van der Waals surface area contributed by atoms with Crippen LogP contribution in [0.5, 0.6) is 0 Å². The Morgan fingerprint density at radius 2 is 2.00 bits per heavy atom. The molecule has 5 heteroatoms. The summed E-state index contributed by atoms with van der Waals surface area (Å²) in [5.74, 6) is 2.11. The number of hydrogen-bond acceptors (Lipinski definition) is 4. The van der Waals surface area contributed by atoms with Crippen LogP contribution in [0.1, 0.15) is 32.9 Å². The van der Waals surface area contributed by atoms with E-state index in [-0.39, 0.29) is 0 Å². The maximum Gasteiger partial charge on any atom is 0.157 e. The predicted molar refractivity (Wildman–Crippen MR) is 77.7 cm³/mol. The zero-order valence-corrected chi connectivity index (χ0v) is 11.9. The number of aromatic nitrogens is 2. The van der Waals surface area contributed by atoms with Crippen molar-refractivity contribution in [1.29, 1.82) is 0 Å². The molecule has 0 aromatic carbocycles. The first-order valence-corrected chi connectivity index (χ1v) is 6.79. The molecule has 1 aromatic heterocycles. The molecule has 0 aliphatic carbocycles. The molecule has 2 rings (SSSR count). The highest BCUT2D eigenvalue weighted by atomic mass is 32.1. The van der Waals surface area contributed by atoms with Crippen LogP contribution < -0.4 is 10.6 Å². The number of hydrogen-bond donors (Lipinski definition) is 1. The highest BCUT2D eigenvalue weighted by molar-refractivity contribution is 7.80. The fourth-order valence-corrected chi connectivity index (χ4v) is 2.85. The lowest BCUT2D eigenvalue weighted by molar-refractivity contribution is 0.295. The van der Waals surface area contributed by atoms with E-state index in [0.29, 0.717) is 28.6 Å². The van der Waals surface area contributed by atoms with Crippen molar-refractivity contribution < 1.29 is 0 Å². The standard InChI is InChI=1S/C13H20N4S/c1-8-6-9(2)10(3)17(7-8)13-11(12(14)18)15-4-5-16-13/h4-5,8-10H,6-7H2,1-3H3,(H2,14,18). The van der Waals surface area contributed by atoms with Crippen molar-refractivity contribution in [2.45, 2.75) is 33.2 Å². The Morgan fingerprint density at radius 3 is 2.67 bits per heavy atom. The Kier molecular flexibility index (Phi) is 3.80. The van der Waals surface area contributed by atoms with E-state index in [1.807, 2.05) is 0 Å². The van der Waals surface area contributed by atoms with Gasteiger partial charge in [0, 0.05) is 25.0 Å². The molecule has 3 atom stereocenters. The Hall–Kier alpha value is -1.23. The van der Waals surface area contributed by atoms with Crippen LogP contribution in [0.15, 0.2) is 12.4 Å². The van der Waals surface area contributed by atoms with E-state index in [0.717, 1.165) is 12.4 Å². The zero-order chi connectivity index (χ0) is 13.3. The van der Waals surface area contributed by atoms with Gasteiger partial charge in [-0.3, -0.25) is 0 Å². The zero-order valence-electron chi connectivity index (χ0n) is 11.1. The van der Waals surface area contributed by atoms with Crippen LogP contribution >= 0.6 is 12.2 Å².